The van der Waals surface area contributed by atoms with Crippen LogP contribution in [-0.2, 0) is 17.7 Å². The zero-order valence-corrected chi connectivity index (χ0v) is 14.8. The van der Waals surface area contributed by atoms with Crippen LogP contribution in [0.15, 0.2) is 48.7 Å². The fourth-order valence-corrected chi connectivity index (χ4v) is 3.18. The Morgan fingerprint density at radius 1 is 1.19 bits per heavy atom. The number of pyridine rings is 2. The van der Waals surface area contributed by atoms with Crippen molar-refractivity contribution in [3.63, 3.8) is 0 Å². The Labute approximate surface area is 156 Å². The number of ether oxygens (including phenoxy) is 1. The standard InChI is InChI=1S/C20H18N4O3/c1-27-19(25)14-4-2-6-16(11-14)22-20(26)24-9-7-17-15(12-24)10-13-5-3-8-21-18(13)23-17/h2-6,8,10-11H,7,9,12H2,1H3,(H,22,26). The topological polar surface area (TPSA) is 84.4 Å². The Balaban J connectivity index is 1.51. The first-order valence-corrected chi connectivity index (χ1v) is 8.62. The van der Waals surface area contributed by atoms with Gasteiger partial charge in [-0.3, -0.25) is 0 Å². The highest BCUT2D eigenvalue weighted by Gasteiger charge is 2.22. The van der Waals surface area contributed by atoms with Crippen molar-refractivity contribution < 1.29 is 14.3 Å². The molecule has 3 heterocycles. The highest BCUT2D eigenvalue weighted by atomic mass is 16.5. The summed E-state index contributed by atoms with van der Waals surface area (Å²) in [5, 5.41) is 3.81. The third-order valence-electron chi connectivity index (χ3n) is 4.56. The van der Waals surface area contributed by atoms with Gasteiger partial charge in [0.25, 0.3) is 0 Å². The Hall–Kier alpha value is -3.48. The van der Waals surface area contributed by atoms with Gasteiger partial charge in [-0.1, -0.05) is 6.07 Å². The molecule has 1 N–H and O–H groups in total. The molecule has 1 aliphatic heterocycles. The number of esters is 1. The molecule has 0 bridgehead atoms. The number of methoxy groups -OCH3 is 1. The summed E-state index contributed by atoms with van der Waals surface area (Å²) in [4.78, 5) is 34.9. The number of carbonyl (C=O) groups excluding carboxylic acids is 2. The van der Waals surface area contributed by atoms with Gasteiger partial charge >= 0.3 is 12.0 Å². The molecule has 0 atom stereocenters. The van der Waals surface area contributed by atoms with Crippen molar-refractivity contribution in [2.45, 2.75) is 13.0 Å². The maximum Gasteiger partial charge on any atom is 0.337 e. The number of amides is 2. The lowest BCUT2D eigenvalue weighted by atomic mass is 10.0. The van der Waals surface area contributed by atoms with Crippen LogP contribution in [0.4, 0.5) is 10.5 Å². The second kappa shape index (κ2) is 7.03. The molecular formula is C20H18N4O3. The number of fused-ring (bicyclic) bond motifs is 2. The summed E-state index contributed by atoms with van der Waals surface area (Å²) in [6.45, 7) is 1.05. The predicted octanol–water partition coefficient (Wildman–Crippen LogP) is 3.01. The number of aromatic nitrogens is 2. The van der Waals surface area contributed by atoms with Gasteiger partial charge in [0.2, 0.25) is 0 Å². The molecule has 0 fully saturated rings. The third kappa shape index (κ3) is 3.44. The molecular weight excluding hydrogens is 344 g/mol. The van der Waals surface area contributed by atoms with Gasteiger partial charge in [0.1, 0.15) is 0 Å². The molecule has 0 saturated heterocycles. The van der Waals surface area contributed by atoms with Gasteiger partial charge in [0.15, 0.2) is 5.65 Å². The second-order valence-electron chi connectivity index (χ2n) is 6.32. The number of hydrogen-bond donors (Lipinski definition) is 1. The zero-order chi connectivity index (χ0) is 18.8. The molecule has 4 rings (SSSR count). The minimum atomic E-state index is -0.440. The molecule has 27 heavy (non-hydrogen) atoms. The van der Waals surface area contributed by atoms with Gasteiger partial charge in [-0.25, -0.2) is 19.6 Å². The van der Waals surface area contributed by atoms with Crippen molar-refractivity contribution in [1.82, 2.24) is 14.9 Å². The van der Waals surface area contributed by atoms with E-state index in [0.29, 0.717) is 30.8 Å². The first kappa shape index (κ1) is 17.0. The molecule has 0 radical (unpaired) electrons. The van der Waals surface area contributed by atoms with Crippen LogP contribution in [-0.4, -0.2) is 40.5 Å². The number of urea groups is 1. The number of carbonyl (C=O) groups is 2. The number of hydrogen-bond acceptors (Lipinski definition) is 5. The minimum Gasteiger partial charge on any atom is -0.465 e. The average molecular weight is 362 g/mol. The van der Waals surface area contributed by atoms with Crippen molar-refractivity contribution in [3.05, 3.63) is 65.5 Å². The van der Waals surface area contributed by atoms with Gasteiger partial charge in [-0.05, 0) is 42.0 Å². The van der Waals surface area contributed by atoms with E-state index in [2.05, 4.69) is 15.3 Å². The SMILES string of the molecule is COC(=O)c1cccc(NC(=O)N2CCc3nc4ncccc4cc3C2)c1. The normalized spacial score (nSPS) is 13.1. The van der Waals surface area contributed by atoms with E-state index < -0.39 is 5.97 Å². The fraction of sp³-hybridized carbons (Fsp3) is 0.200. The Bertz CT molecular complexity index is 1030. The second-order valence-corrected chi connectivity index (χ2v) is 6.32. The first-order chi connectivity index (χ1) is 13.1. The molecule has 3 aromatic rings. The lowest BCUT2D eigenvalue weighted by molar-refractivity contribution is 0.0600. The summed E-state index contributed by atoms with van der Waals surface area (Å²) in [5.41, 5.74) is 3.68. The first-order valence-electron chi connectivity index (χ1n) is 8.62. The molecule has 2 amide bonds. The average Bonchev–Trinajstić information content (AvgIpc) is 2.71. The van der Waals surface area contributed by atoms with Crippen LogP contribution in [0.25, 0.3) is 11.0 Å². The van der Waals surface area contributed by atoms with Crippen LogP contribution < -0.4 is 5.32 Å². The summed E-state index contributed by atoms with van der Waals surface area (Å²) in [7, 11) is 1.33. The van der Waals surface area contributed by atoms with Gasteiger partial charge in [0.05, 0.1) is 12.7 Å². The van der Waals surface area contributed by atoms with E-state index >= 15 is 0 Å². The largest absolute Gasteiger partial charge is 0.465 e. The third-order valence-corrected chi connectivity index (χ3v) is 4.56. The molecule has 0 spiro atoms. The van der Waals surface area contributed by atoms with E-state index in [-0.39, 0.29) is 6.03 Å². The lowest BCUT2D eigenvalue weighted by Gasteiger charge is -2.28. The molecule has 2 aromatic heterocycles. The van der Waals surface area contributed by atoms with Crippen LogP contribution in [0.5, 0.6) is 0 Å². The molecule has 0 unspecified atom stereocenters. The van der Waals surface area contributed by atoms with Gasteiger partial charge in [-0.15, -0.1) is 0 Å². The summed E-state index contributed by atoms with van der Waals surface area (Å²) in [5.74, 6) is -0.440. The molecule has 0 aliphatic carbocycles. The maximum absolute atomic E-state index is 12.7. The summed E-state index contributed by atoms with van der Waals surface area (Å²) >= 11 is 0. The smallest absolute Gasteiger partial charge is 0.337 e. The van der Waals surface area contributed by atoms with Crippen LogP contribution in [0.3, 0.4) is 0 Å². The highest BCUT2D eigenvalue weighted by Crippen LogP contribution is 2.22. The van der Waals surface area contributed by atoms with Crippen molar-refractivity contribution >= 4 is 28.7 Å². The van der Waals surface area contributed by atoms with E-state index in [4.69, 9.17) is 4.74 Å². The van der Waals surface area contributed by atoms with Crippen LogP contribution in [0.2, 0.25) is 0 Å². The maximum atomic E-state index is 12.7. The Morgan fingerprint density at radius 3 is 2.93 bits per heavy atom. The number of benzene rings is 1. The summed E-state index contributed by atoms with van der Waals surface area (Å²) in [6, 6.07) is 12.4. The van der Waals surface area contributed by atoms with E-state index in [9.17, 15) is 9.59 Å². The lowest BCUT2D eigenvalue weighted by Crippen LogP contribution is -2.39. The van der Waals surface area contributed by atoms with E-state index in [1.807, 2.05) is 18.2 Å². The van der Waals surface area contributed by atoms with Crippen molar-refractivity contribution in [2.75, 3.05) is 19.0 Å². The number of nitrogens with zero attached hydrogens (tertiary/aromatic N) is 3. The number of nitrogens with one attached hydrogen (secondary N) is 1. The van der Waals surface area contributed by atoms with Crippen LogP contribution >= 0.6 is 0 Å². The predicted molar refractivity (Wildman–Crippen MR) is 100 cm³/mol. The Morgan fingerprint density at radius 2 is 2.07 bits per heavy atom. The summed E-state index contributed by atoms with van der Waals surface area (Å²) < 4.78 is 4.71. The van der Waals surface area contributed by atoms with Gasteiger partial charge in [-0.2, -0.15) is 0 Å². The van der Waals surface area contributed by atoms with Crippen LogP contribution in [0, 0.1) is 0 Å². The summed E-state index contributed by atoms with van der Waals surface area (Å²) in [6.07, 6.45) is 2.41. The zero-order valence-electron chi connectivity index (χ0n) is 14.8. The fourth-order valence-electron chi connectivity index (χ4n) is 3.18. The molecule has 1 aliphatic rings. The molecule has 0 saturated carbocycles. The van der Waals surface area contributed by atoms with E-state index in [1.165, 1.54) is 7.11 Å². The van der Waals surface area contributed by atoms with Gasteiger partial charge in [0, 0.05) is 42.5 Å². The molecule has 136 valence electrons. The van der Waals surface area contributed by atoms with Crippen molar-refractivity contribution in [1.29, 1.82) is 0 Å². The molecule has 7 heteroatoms. The number of anilines is 1. The Kier molecular flexibility index (Phi) is 4.42. The van der Waals surface area contributed by atoms with Crippen molar-refractivity contribution in [2.24, 2.45) is 0 Å². The van der Waals surface area contributed by atoms with Crippen molar-refractivity contribution in [3.8, 4) is 0 Å². The van der Waals surface area contributed by atoms with Crippen LogP contribution in [0.1, 0.15) is 21.6 Å². The quantitative estimate of drug-likeness (QED) is 0.709. The highest BCUT2D eigenvalue weighted by molar-refractivity contribution is 5.94. The number of rotatable bonds is 2. The van der Waals surface area contributed by atoms with E-state index in [0.717, 1.165) is 22.3 Å². The molecule has 1 aromatic carbocycles. The monoisotopic (exact) mass is 362 g/mol. The van der Waals surface area contributed by atoms with Gasteiger partial charge < -0.3 is 15.0 Å². The minimum absolute atomic E-state index is 0.214. The molecule has 7 nitrogen and oxygen atoms in total. The van der Waals surface area contributed by atoms with E-state index in [1.54, 1.807) is 35.4 Å².